The van der Waals surface area contributed by atoms with Gasteiger partial charge in [-0.2, -0.15) is 0 Å². The minimum atomic E-state index is -0.823. The molecule has 178 valence electrons. The molecule has 0 saturated carbocycles. The molecule has 0 bridgehead atoms. The second-order valence-corrected chi connectivity index (χ2v) is 8.28. The summed E-state index contributed by atoms with van der Waals surface area (Å²) >= 11 is 3.39. The second kappa shape index (κ2) is 10.5. The molecule has 0 unspecified atom stereocenters. The summed E-state index contributed by atoms with van der Waals surface area (Å²) in [5.74, 6) is -1.58. The van der Waals surface area contributed by atoms with Crippen LogP contribution in [0.15, 0.2) is 40.4 Å². The van der Waals surface area contributed by atoms with Crippen molar-refractivity contribution in [3.8, 4) is 11.5 Å². The van der Waals surface area contributed by atoms with E-state index < -0.39 is 23.8 Å². The molecule has 4 amide bonds. The number of nitrogens with one attached hydrogen (secondary N) is 1. The Balaban J connectivity index is 1.97. The van der Waals surface area contributed by atoms with Gasteiger partial charge in [0.2, 0.25) is 0 Å². The lowest BCUT2D eigenvalue weighted by molar-refractivity contribution is -0.145. The van der Waals surface area contributed by atoms with Crippen LogP contribution in [0.3, 0.4) is 0 Å². The fraction of sp³-hybridized carbons (Fsp3) is 0.250. The topological polar surface area (TPSA) is 111 Å². The van der Waals surface area contributed by atoms with Gasteiger partial charge in [0.05, 0.1) is 19.4 Å². The van der Waals surface area contributed by atoms with Gasteiger partial charge in [0.15, 0.2) is 18.1 Å². The van der Waals surface area contributed by atoms with Crippen molar-refractivity contribution in [3.63, 3.8) is 0 Å². The fourth-order valence-corrected chi connectivity index (χ4v) is 3.84. The Morgan fingerprint density at radius 2 is 1.74 bits per heavy atom. The zero-order chi connectivity index (χ0) is 25.0. The van der Waals surface area contributed by atoms with Crippen LogP contribution in [0.4, 0.5) is 10.5 Å². The molecule has 1 N–H and O–H groups in total. The summed E-state index contributed by atoms with van der Waals surface area (Å²) in [5, 5.41) is 2.21. The molecule has 0 radical (unpaired) electrons. The van der Waals surface area contributed by atoms with Crippen molar-refractivity contribution in [1.29, 1.82) is 0 Å². The molecule has 1 heterocycles. The number of esters is 1. The van der Waals surface area contributed by atoms with Crippen LogP contribution in [0.5, 0.6) is 11.5 Å². The molecule has 1 fully saturated rings. The van der Waals surface area contributed by atoms with E-state index in [9.17, 15) is 19.2 Å². The molecule has 0 aromatic heterocycles. The first-order valence-corrected chi connectivity index (χ1v) is 11.1. The highest BCUT2D eigenvalue weighted by atomic mass is 79.9. The lowest BCUT2D eigenvalue weighted by Gasteiger charge is -2.27. The Labute approximate surface area is 204 Å². The molecule has 34 heavy (non-hydrogen) atoms. The van der Waals surface area contributed by atoms with E-state index in [1.807, 2.05) is 19.9 Å². The number of hydrogen-bond donors (Lipinski definition) is 1. The smallest absolute Gasteiger partial charge is 0.344 e. The summed E-state index contributed by atoms with van der Waals surface area (Å²) in [6, 6.07) is 7.54. The second-order valence-electron chi connectivity index (χ2n) is 7.42. The van der Waals surface area contributed by atoms with Crippen LogP contribution in [0, 0.1) is 13.8 Å². The number of urea groups is 1. The number of carbonyl (C=O) groups is 4. The molecule has 0 aliphatic carbocycles. The zero-order valence-electron chi connectivity index (χ0n) is 19.1. The minimum absolute atomic E-state index is 0.229. The standard InChI is InChI=1S/C24H23BrN2O7/c1-5-33-21(28)12-34-20-11-18(25)15(10-19(20)32-4)9-17-22(29)26-24(31)27(23(17)30)16-7-13(2)6-14(3)8-16/h6-11H,5,12H2,1-4H3,(H,26,29,31)/b17-9+. The van der Waals surface area contributed by atoms with Crippen LogP contribution in [0.1, 0.15) is 23.6 Å². The zero-order valence-corrected chi connectivity index (χ0v) is 20.6. The van der Waals surface area contributed by atoms with Gasteiger partial charge in [-0.1, -0.05) is 22.0 Å². The molecule has 10 heteroatoms. The van der Waals surface area contributed by atoms with Crippen LogP contribution >= 0.6 is 15.9 Å². The van der Waals surface area contributed by atoms with E-state index in [1.54, 1.807) is 25.1 Å². The summed E-state index contributed by atoms with van der Waals surface area (Å²) < 4.78 is 16.1. The molecule has 1 aliphatic rings. The molecule has 9 nitrogen and oxygen atoms in total. The molecular weight excluding hydrogens is 508 g/mol. The van der Waals surface area contributed by atoms with Crippen LogP contribution in [-0.2, 0) is 19.1 Å². The van der Waals surface area contributed by atoms with E-state index in [0.717, 1.165) is 16.0 Å². The highest BCUT2D eigenvalue weighted by Gasteiger charge is 2.37. The summed E-state index contributed by atoms with van der Waals surface area (Å²) in [7, 11) is 1.41. The van der Waals surface area contributed by atoms with Crippen LogP contribution in [-0.4, -0.2) is 44.1 Å². The Hall–Kier alpha value is -3.66. The largest absolute Gasteiger partial charge is 0.493 e. The third-order valence-electron chi connectivity index (χ3n) is 4.80. The van der Waals surface area contributed by atoms with Gasteiger partial charge in [-0.3, -0.25) is 14.9 Å². The molecule has 3 rings (SSSR count). The maximum absolute atomic E-state index is 13.2. The number of imide groups is 2. The number of barbiturate groups is 1. The fourth-order valence-electron chi connectivity index (χ4n) is 3.40. The monoisotopic (exact) mass is 530 g/mol. The number of aryl methyl sites for hydroxylation is 2. The van der Waals surface area contributed by atoms with Crippen molar-refractivity contribution >= 4 is 51.5 Å². The van der Waals surface area contributed by atoms with Gasteiger partial charge in [-0.25, -0.2) is 14.5 Å². The first-order valence-electron chi connectivity index (χ1n) is 10.3. The maximum atomic E-state index is 13.2. The maximum Gasteiger partial charge on any atom is 0.344 e. The van der Waals surface area contributed by atoms with E-state index >= 15 is 0 Å². The number of hydrogen-bond acceptors (Lipinski definition) is 7. The van der Waals surface area contributed by atoms with Crippen molar-refractivity contribution < 1.29 is 33.4 Å². The highest BCUT2D eigenvalue weighted by molar-refractivity contribution is 9.10. The van der Waals surface area contributed by atoms with Crippen molar-refractivity contribution in [2.45, 2.75) is 20.8 Å². The van der Waals surface area contributed by atoms with E-state index in [2.05, 4.69) is 21.2 Å². The van der Waals surface area contributed by atoms with Crippen molar-refractivity contribution in [3.05, 3.63) is 57.1 Å². The Morgan fingerprint density at radius 1 is 1.06 bits per heavy atom. The van der Waals surface area contributed by atoms with E-state index in [-0.39, 0.29) is 30.3 Å². The van der Waals surface area contributed by atoms with Gasteiger partial charge in [0.1, 0.15) is 5.57 Å². The van der Waals surface area contributed by atoms with E-state index in [4.69, 9.17) is 14.2 Å². The van der Waals surface area contributed by atoms with Gasteiger partial charge in [0.25, 0.3) is 11.8 Å². The Bertz CT molecular complexity index is 1190. The number of anilines is 1. The van der Waals surface area contributed by atoms with Crippen molar-refractivity contribution in [2.24, 2.45) is 0 Å². The SMILES string of the molecule is CCOC(=O)COc1cc(Br)c(/C=C2\C(=O)NC(=O)N(c3cc(C)cc(C)c3)C2=O)cc1OC. The molecule has 1 aliphatic heterocycles. The van der Waals surface area contributed by atoms with Gasteiger partial charge in [0, 0.05) is 4.47 Å². The predicted molar refractivity (Wildman–Crippen MR) is 128 cm³/mol. The van der Waals surface area contributed by atoms with E-state index in [1.165, 1.54) is 19.3 Å². The molecule has 2 aromatic rings. The number of ether oxygens (including phenoxy) is 3. The average molecular weight is 531 g/mol. The number of amides is 4. The lowest BCUT2D eigenvalue weighted by atomic mass is 10.0. The summed E-state index contributed by atoms with van der Waals surface area (Å²) in [6.45, 7) is 5.30. The predicted octanol–water partition coefficient (Wildman–Crippen LogP) is 3.68. The highest BCUT2D eigenvalue weighted by Crippen LogP contribution is 2.35. The Morgan fingerprint density at radius 3 is 2.35 bits per heavy atom. The van der Waals surface area contributed by atoms with Crippen molar-refractivity contribution in [1.82, 2.24) is 5.32 Å². The third kappa shape index (κ3) is 5.45. The molecule has 2 aromatic carbocycles. The number of rotatable bonds is 7. The Kier molecular flexibility index (Phi) is 7.72. The van der Waals surface area contributed by atoms with Gasteiger partial charge in [-0.15, -0.1) is 0 Å². The molecule has 0 spiro atoms. The normalized spacial score (nSPS) is 14.8. The third-order valence-corrected chi connectivity index (χ3v) is 5.49. The average Bonchev–Trinajstić information content (AvgIpc) is 2.75. The molecule has 0 atom stereocenters. The summed E-state index contributed by atoms with van der Waals surface area (Å²) in [5.41, 5.74) is 2.28. The van der Waals surface area contributed by atoms with Gasteiger partial charge < -0.3 is 14.2 Å². The summed E-state index contributed by atoms with van der Waals surface area (Å²) in [4.78, 5) is 50.7. The number of carbonyl (C=O) groups excluding carboxylic acids is 4. The summed E-state index contributed by atoms with van der Waals surface area (Å²) in [6.07, 6.45) is 1.35. The van der Waals surface area contributed by atoms with Crippen LogP contribution in [0.2, 0.25) is 0 Å². The minimum Gasteiger partial charge on any atom is -0.493 e. The first kappa shape index (κ1) is 25.0. The molecule has 1 saturated heterocycles. The number of benzene rings is 2. The van der Waals surface area contributed by atoms with E-state index in [0.29, 0.717) is 15.7 Å². The number of methoxy groups -OCH3 is 1. The van der Waals surface area contributed by atoms with Crippen LogP contribution < -0.4 is 19.7 Å². The lowest BCUT2D eigenvalue weighted by Crippen LogP contribution is -2.54. The van der Waals surface area contributed by atoms with Gasteiger partial charge >= 0.3 is 12.0 Å². The van der Waals surface area contributed by atoms with Crippen LogP contribution in [0.25, 0.3) is 6.08 Å². The van der Waals surface area contributed by atoms with Gasteiger partial charge in [-0.05, 0) is 67.8 Å². The number of nitrogens with zero attached hydrogens (tertiary/aromatic N) is 1. The molecular formula is C24H23BrN2O7. The number of halogens is 1. The first-order chi connectivity index (χ1) is 16.1. The quantitative estimate of drug-likeness (QED) is 0.330. The van der Waals surface area contributed by atoms with Crippen molar-refractivity contribution in [2.75, 3.05) is 25.2 Å².